The molecule has 1 aromatic carbocycles. The second-order valence-electron chi connectivity index (χ2n) is 3.77. The third-order valence-corrected chi connectivity index (χ3v) is 3.80. The number of nitrogen functional groups attached to an aromatic ring is 1. The van der Waals surface area contributed by atoms with E-state index in [1.807, 2.05) is 6.92 Å². The van der Waals surface area contributed by atoms with E-state index in [4.69, 9.17) is 10.5 Å². The number of ether oxygens (including phenoxy) is 1. The van der Waals surface area contributed by atoms with Crippen molar-refractivity contribution in [2.24, 2.45) is 0 Å². The lowest BCUT2D eigenvalue weighted by molar-refractivity contribution is 0.0799. The van der Waals surface area contributed by atoms with Gasteiger partial charge in [-0.2, -0.15) is 0 Å². The van der Waals surface area contributed by atoms with E-state index in [1.54, 1.807) is 6.92 Å². The van der Waals surface area contributed by atoms with Crippen LogP contribution in [-0.2, 0) is 14.8 Å². The van der Waals surface area contributed by atoms with Crippen LogP contribution in [0, 0.1) is 5.82 Å². The van der Waals surface area contributed by atoms with Gasteiger partial charge in [0.05, 0.1) is 11.8 Å². The van der Waals surface area contributed by atoms with Gasteiger partial charge in [0.1, 0.15) is 10.7 Å². The molecule has 0 aliphatic heterocycles. The molecule has 0 saturated heterocycles. The molecule has 0 radical (unpaired) electrons. The van der Waals surface area contributed by atoms with E-state index in [2.05, 4.69) is 4.72 Å². The van der Waals surface area contributed by atoms with Crippen molar-refractivity contribution in [1.29, 1.82) is 0 Å². The van der Waals surface area contributed by atoms with Crippen LogP contribution in [0.2, 0.25) is 0 Å². The van der Waals surface area contributed by atoms with Crippen LogP contribution in [-0.4, -0.2) is 27.7 Å². The molecule has 1 rings (SSSR count). The van der Waals surface area contributed by atoms with Crippen molar-refractivity contribution in [1.82, 2.24) is 4.72 Å². The molecule has 3 N–H and O–H groups in total. The summed E-state index contributed by atoms with van der Waals surface area (Å²) in [6, 6.07) is 3.66. The molecular formula is C11H17FN2O3S. The predicted octanol–water partition coefficient (Wildman–Crippen LogP) is 1.11. The van der Waals surface area contributed by atoms with Crippen molar-refractivity contribution in [3.05, 3.63) is 24.0 Å². The average molecular weight is 276 g/mol. The lowest BCUT2D eigenvalue weighted by Gasteiger charge is -2.14. The molecule has 1 aromatic rings. The zero-order valence-corrected chi connectivity index (χ0v) is 11.1. The molecule has 5 nitrogen and oxygen atoms in total. The number of benzene rings is 1. The molecular weight excluding hydrogens is 259 g/mol. The first-order valence-corrected chi connectivity index (χ1v) is 7.02. The van der Waals surface area contributed by atoms with Crippen molar-refractivity contribution < 1.29 is 17.5 Å². The third kappa shape index (κ3) is 3.66. The quantitative estimate of drug-likeness (QED) is 0.763. The van der Waals surface area contributed by atoms with E-state index in [0.29, 0.717) is 6.61 Å². The Morgan fingerprint density at radius 1 is 1.50 bits per heavy atom. The lowest BCUT2D eigenvalue weighted by atomic mass is 10.3. The Hall–Kier alpha value is -1.18. The summed E-state index contributed by atoms with van der Waals surface area (Å²) in [4.78, 5) is -0.258. The minimum Gasteiger partial charge on any atom is -0.395 e. The van der Waals surface area contributed by atoms with Crippen molar-refractivity contribution in [2.75, 3.05) is 18.9 Å². The van der Waals surface area contributed by atoms with Crippen molar-refractivity contribution in [3.63, 3.8) is 0 Å². The maximum Gasteiger partial charge on any atom is 0.242 e. The van der Waals surface area contributed by atoms with Gasteiger partial charge in [-0.15, -0.1) is 0 Å². The Balaban J connectivity index is 2.84. The van der Waals surface area contributed by atoms with Gasteiger partial charge in [0.25, 0.3) is 0 Å². The van der Waals surface area contributed by atoms with Crippen LogP contribution < -0.4 is 10.5 Å². The molecule has 0 bridgehead atoms. The first kappa shape index (κ1) is 14.9. The van der Waals surface area contributed by atoms with E-state index in [0.717, 1.165) is 6.07 Å². The highest BCUT2D eigenvalue weighted by molar-refractivity contribution is 7.89. The Kier molecular flexibility index (Phi) is 5.06. The van der Waals surface area contributed by atoms with Crippen LogP contribution in [0.4, 0.5) is 10.1 Å². The van der Waals surface area contributed by atoms with Gasteiger partial charge in [0, 0.05) is 13.2 Å². The first-order chi connectivity index (χ1) is 8.38. The second-order valence-corrected chi connectivity index (χ2v) is 5.50. The summed E-state index contributed by atoms with van der Waals surface area (Å²) in [5.74, 6) is -0.754. The number of para-hydroxylation sites is 1. The van der Waals surface area contributed by atoms with Crippen molar-refractivity contribution in [2.45, 2.75) is 24.8 Å². The summed E-state index contributed by atoms with van der Waals surface area (Å²) in [5, 5.41) is 0. The highest BCUT2D eigenvalue weighted by Gasteiger charge is 2.19. The number of hydrogen-bond donors (Lipinski definition) is 2. The Labute approximate surface area is 106 Å². The molecule has 0 saturated carbocycles. The molecule has 0 heterocycles. The van der Waals surface area contributed by atoms with Crippen LogP contribution >= 0.6 is 0 Å². The van der Waals surface area contributed by atoms with Crippen molar-refractivity contribution >= 4 is 15.7 Å². The van der Waals surface area contributed by atoms with Crippen molar-refractivity contribution in [3.8, 4) is 0 Å². The van der Waals surface area contributed by atoms with Crippen LogP contribution in [0.25, 0.3) is 0 Å². The summed E-state index contributed by atoms with van der Waals surface area (Å²) in [6.45, 7) is 4.15. The van der Waals surface area contributed by atoms with E-state index < -0.39 is 15.8 Å². The van der Waals surface area contributed by atoms with Crippen LogP contribution in [0.15, 0.2) is 23.1 Å². The Bertz CT molecular complexity index is 505. The summed E-state index contributed by atoms with van der Waals surface area (Å²) >= 11 is 0. The van der Waals surface area contributed by atoms with Gasteiger partial charge in [-0.1, -0.05) is 6.07 Å². The Morgan fingerprint density at radius 3 is 2.78 bits per heavy atom. The molecule has 7 heteroatoms. The van der Waals surface area contributed by atoms with Gasteiger partial charge in [-0.25, -0.2) is 17.5 Å². The van der Waals surface area contributed by atoms with E-state index in [-0.39, 0.29) is 23.2 Å². The van der Waals surface area contributed by atoms with Gasteiger partial charge in [0.2, 0.25) is 10.0 Å². The fourth-order valence-electron chi connectivity index (χ4n) is 1.40. The Morgan fingerprint density at radius 2 is 2.17 bits per heavy atom. The predicted molar refractivity (Wildman–Crippen MR) is 67.1 cm³/mol. The molecule has 0 aliphatic rings. The SMILES string of the molecule is CCOC(C)CNS(=O)(=O)c1cccc(F)c1N. The molecule has 0 aliphatic carbocycles. The largest absolute Gasteiger partial charge is 0.395 e. The van der Waals surface area contributed by atoms with E-state index in [9.17, 15) is 12.8 Å². The molecule has 102 valence electrons. The maximum atomic E-state index is 13.2. The topological polar surface area (TPSA) is 81.4 Å². The standard InChI is InChI=1S/C11H17FN2O3S/c1-3-17-8(2)7-14-18(15,16)10-6-4-5-9(12)11(10)13/h4-6,8,14H,3,7,13H2,1-2H3. The summed E-state index contributed by atoms with van der Waals surface area (Å²) < 4.78 is 44.5. The molecule has 0 spiro atoms. The number of nitrogens with two attached hydrogens (primary N) is 1. The molecule has 0 amide bonds. The fourth-order valence-corrected chi connectivity index (χ4v) is 2.65. The number of halogens is 1. The summed E-state index contributed by atoms with van der Waals surface area (Å²) in [5.41, 5.74) is 5.03. The van der Waals surface area contributed by atoms with Gasteiger partial charge < -0.3 is 10.5 Å². The first-order valence-electron chi connectivity index (χ1n) is 5.53. The van der Waals surface area contributed by atoms with Gasteiger partial charge in [-0.05, 0) is 26.0 Å². The zero-order valence-electron chi connectivity index (χ0n) is 10.3. The third-order valence-electron chi connectivity index (χ3n) is 2.31. The normalized spacial score (nSPS) is 13.5. The highest BCUT2D eigenvalue weighted by Crippen LogP contribution is 2.20. The minimum atomic E-state index is -3.82. The smallest absolute Gasteiger partial charge is 0.242 e. The fraction of sp³-hybridized carbons (Fsp3) is 0.455. The molecule has 0 fully saturated rings. The molecule has 18 heavy (non-hydrogen) atoms. The monoisotopic (exact) mass is 276 g/mol. The second kappa shape index (κ2) is 6.12. The van der Waals surface area contributed by atoms with E-state index >= 15 is 0 Å². The van der Waals surface area contributed by atoms with Gasteiger partial charge in [-0.3, -0.25) is 0 Å². The number of sulfonamides is 1. The lowest BCUT2D eigenvalue weighted by Crippen LogP contribution is -2.32. The van der Waals surface area contributed by atoms with Crippen LogP contribution in [0.1, 0.15) is 13.8 Å². The van der Waals surface area contributed by atoms with Gasteiger partial charge in [0.15, 0.2) is 0 Å². The summed E-state index contributed by atoms with van der Waals surface area (Å²) in [7, 11) is -3.82. The number of anilines is 1. The maximum absolute atomic E-state index is 13.2. The molecule has 1 unspecified atom stereocenters. The molecule has 1 atom stereocenters. The number of rotatable bonds is 6. The number of nitrogens with one attached hydrogen (secondary N) is 1. The van der Waals surface area contributed by atoms with Crippen LogP contribution in [0.3, 0.4) is 0 Å². The van der Waals surface area contributed by atoms with Gasteiger partial charge >= 0.3 is 0 Å². The molecule has 0 aromatic heterocycles. The average Bonchev–Trinajstić information content (AvgIpc) is 2.30. The minimum absolute atomic E-state index is 0.103. The summed E-state index contributed by atoms with van der Waals surface area (Å²) in [6.07, 6.45) is -0.264. The highest BCUT2D eigenvalue weighted by atomic mass is 32.2. The zero-order chi connectivity index (χ0) is 13.8. The van der Waals surface area contributed by atoms with E-state index in [1.165, 1.54) is 12.1 Å². The number of hydrogen-bond acceptors (Lipinski definition) is 4. The van der Waals surface area contributed by atoms with Crippen LogP contribution in [0.5, 0.6) is 0 Å².